The van der Waals surface area contributed by atoms with E-state index in [1.165, 1.54) is 6.07 Å². The normalized spacial score (nSPS) is 12.9. The summed E-state index contributed by atoms with van der Waals surface area (Å²) in [5.74, 6) is -0.0668. The number of rotatable bonds is 3. The van der Waals surface area contributed by atoms with E-state index in [0.29, 0.717) is 6.54 Å². The molecule has 0 spiro atoms. The first-order chi connectivity index (χ1) is 6.56. The first-order valence-corrected chi connectivity index (χ1v) is 5.09. The highest BCUT2D eigenvalue weighted by Gasteiger charge is 2.11. The zero-order valence-corrected chi connectivity index (χ0v) is 9.24. The van der Waals surface area contributed by atoms with Crippen molar-refractivity contribution in [2.24, 2.45) is 5.73 Å². The van der Waals surface area contributed by atoms with Crippen molar-refractivity contribution in [3.05, 3.63) is 34.1 Å². The van der Waals surface area contributed by atoms with Crippen LogP contribution in [0.15, 0.2) is 12.1 Å². The van der Waals surface area contributed by atoms with E-state index < -0.39 is 0 Å². The summed E-state index contributed by atoms with van der Waals surface area (Å²) in [5.41, 5.74) is 7.49. The number of halogens is 2. The fourth-order valence-electron chi connectivity index (χ4n) is 1.60. The SMILES string of the molecule is Cc1cc(Cl)c(F)cc1C(C)CCN. The van der Waals surface area contributed by atoms with Gasteiger partial charge in [-0.3, -0.25) is 0 Å². The topological polar surface area (TPSA) is 26.0 Å². The van der Waals surface area contributed by atoms with Gasteiger partial charge in [0.15, 0.2) is 0 Å². The molecule has 2 N–H and O–H groups in total. The van der Waals surface area contributed by atoms with Gasteiger partial charge in [-0.1, -0.05) is 18.5 Å². The molecule has 1 nitrogen and oxygen atoms in total. The average Bonchev–Trinajstić information content (AvgIpc) is 2.11. The number of hydrogen-bond donors (Lipinski definition) is 1. The van der Waals surface area contributed by atoms with E-state index in [1.54, 1.807) is 6.07 Å². The molecular weight excluding hydrogens is 201 g/mol. The van der Waals surface area contributed by atoms with Gasteiger partial charge in [-0.15, -0.1) is 0 Å². The van der Waals surface area contributed by atoms with Gasteiger partial charge < -0.3 is 5.73 Å². The molecule has 0 saturated heterocycles. The van der Waals surface area contributed by atoms with E-state index in [4.69, 9.17) is 17.3 Å². The lowest BCUT2D eigenvalue weighted by Crippen LogP contribution is -2.06. The molecule has 14 heavy (non-hydrogen) atoms. The number of benzene rings is 1. The lowest BCUT2D eigenvalue weighted by molar-refractivity contribution is 0.615. The van der Waals surface area contributed by atoms with Crippen molar-refractivity contribution in [3.8, 4) is 0 Å². The van der Waals surface area contributed by atoms with Crippen molar-refractivity contribution in [3.63, 3.8) is 0 Å². The quantitative estimate of drug-likeness (QED) is 0.823. The van der Waals surface area contributed by atoms with Crippen LogP contribution in [0.5, 0.6) is 0 Å². The summed E-state index contributed by atoms with van der Waals surface area (Å²) in [6.45, 7) is 4.60. The zero-order valence-electron chi connectivity index (χ0n) is 8.48. The maximum Gasteiger partial charge on any atom is 0.142 e. The van der Waals surface area contributed by atoms with Crippen molar-refractivity contribution in [1.82, 2.24) is 0 Å². The summed E-state index contributed by atoms with van der Waals surface area (Å²) < 4.78 is 13.2. The van der Waals surface area contributed by atoms with Crippen molar-refractivity contribution >= 4 is 11.6 Å². The van der Waals surface area contributed by atoms with E-state index >= 15 is 0 Å². The van der Waals surface area contributed by atoms with Gasteiger partial charge in [-0.25, -0.2) is 4.39 Å². The molecule has 0 radical (unpaired) electrons. The third-order valence-corrected chi connectivity index (χ3v) is 2.73. The predicted molar refractivity (Wildman–Crippen MR) is 58.2 cm³/mol. The van der Waals surface area contributed by atoms with Crippen LogP contribution >= 0.6 is 11.6 Å². The maximum absolute atomic E-state index is 13.2. The Labute approximate surface area is 89.1 Å². The van der Waals surface area contributed by atoms with Crippen molar-refractivity contribution < 1.29 is 4.39 Å². The molecule has 1 unspecified atom stereocenters. The summed E-state index contributed by atoms with van der Waals surface area (Å²) in [6.07, 6.45) is 0.863. The third kappa shape index (κ3) is 2.46. The van der Waals surface area contributed by atoms with E-state index in [9.17, 15) is 4.39 Å². The van der Waals surface area contributed by atoms with Gasteiger partial charge in [0, 0.05) is 0 Å². The molecule has 1 atom stereocenters. The molecular formula is C11H15ClFN. The summed E-state index contributed by atoms with van der Waals surface area (Å²) >= 11 is 5.67. The summed E-state index contributed by atoms with van der Waals surface area (Å²) in [4.78, 5) is 0. The van der Waals surface area contributed by atoms with Gasteiger partial charge in [0.25, 0.3) is 0 Å². The van der Waals surface area contributed by atoms with Crippen LogP contribution in [0.4, 0.5) is 4.39 Å². The smallest absolute Gasteiger partial charge is 0.142 e. The molecule has 0 bridgehead atoms. The Bertz CT molecular complexity index is 325. The monoisotopic (exact) mass is 215 g/mol. The van der Waals surface area contributed by atoms with Crippen LogP contribution in [-0.4, -0.2) is 6.54 Å². The predicted octanol–water partition coefficient (Wildman–Crippen LogP) is 3.24. The molecule has 1 aromatic rings. The van der Waals surface area contributed by atoms with Gasteiger partial charge >= 0.3 is 0 Å². The summed E-state index contributed by atoms with van der Waals surface area (Å²) in [5, 5.41) is 0.186. The lowest BCUT2D eigenvalue weighted by Gasteiger charge is -2.14. The van der Waals surface area contributed by atoms with Crippen LogP contribution in [0.25, 0.3) is 0 Å². The van der Waals surface area contributed by atoms with E-state index in [2.05, 4.69) is 0 Å². The molecule has 0 aromatic heterocycles. The van der Waals surface area contributed by atoms with Gasteiger partial charge in [0.1, 0.15) is 5.82 Å². The standard InChI is InChI=1S/C11H15ClFN/c1-7(3-4-14)9-6-11(13)10(12)5-8(9)2/h5-7H,3-4,14H2,1-2H3. The highest BCUT2D eigenvalue weighted by atomic mass is 35.5. The second kappa shape index (κ2) is 4.76. The molecule has 0 aliphatic carbocycles. The fraction of sp³-hybridized carbons (Fsp3) is 0.455. The molecule has 1 rings (SSSR count). The highest BCUT2D eigenvalue weighted by Crippen LogP contribution is 2.26. The first-order valence-electron chi connectivity index (χ1n) is 4.72. The van der Waals surface area contributed by atoms with Gasteiger partial charge in [0.2, 0.25) is 0 Å². The zero-order chi connectivity index (χ0) is 10.7. The number of aryl methyl sites for hydroxylation is 1. The van der Waals surface area contributed by atoms with Gasteiger partial charge in [-0.05, 0) is 49.1 Å². The van der Waals surface area contributed by atoms with Crippen molar-refractivity contribution in [2.75, 3.05) is 6.54 Å². The second-order valence-electron chi connectivity index (χ2n) is 3.60. The molecule has 0 saturated carbocycles. The van der Waals surface area contributed by atoms with Crippen LogP contribution in [0.3, 0.4) is 0 Å². The molecule has 0 fully saturated rings. The second-order valence-corrected chi connectivity index (χ2v) is 4.01. The molecule has 0 aliphatic heterocycles. The van der Waals surface area contributed by atoms with Crippen LogP contribution in [0.2, 0.25) is 5.02 Å². The van der Waals surface area contributed by atoms with E-state index in [0.717, 1.165) is 17.5 Å². The Hall–Kier alpha value is -0.600. The Morgan fingerprint density at radius 2 is 2.14 bits per heavy atom. The molecule has 0 aliphatic rings. The van der Waals surface area contributed by atoms with Gasteiger partial charge in [0.05, 0.1) is 5.02 Å². The Morgan fingerprint density at radius 3 is 2.71 bits per heavy atom. The van der Waals surface area contributed by atoms with Crippen LogP contribution in [-0.2, 0) is 0 Å². The number of nitrogens with two attached hydrogens (primary N) is 1. The summed E-state index contributed by atoms with van der Waals surface area (Å²) in [7, 11) is 0. The summed E-state index contributed by atoms with van der Waals surface area (Å²) in [6, 6.07) is 3.18. The first kappa shape index (κ1) is 11.5. The van der Waals surface area contributed by atoms with Crippen LogP contribution in [0.1, 0.15) is 30.4 Å². The van der Waals surface area contributed by atoms with Gasteiger partial charge in [-0.2, -0.15) is 0 Å². The Morgan fingerprint density at radius 1 is 1.50 bits per heavy atom. The molecule has 1 aromatic carbocycles. The van der Waals surface area contributed by atoms with E-state index in [1.807, 2.05) is 13.8 Å². The minimum absolute atomic E-state index is 0.186. The lowest BCUT2D eigenvalue weighted by atomic mass is 9.94. The molecule has 0 amide bonds. The maximum atomic E-state index is 13.2. The number of hydrogen-bond acceptors (Lipinski definition) is 1. The molecule has 3 heteroatoms. The van der Waals surface area contributed by atoms with Crippen LogP contribution in [0, 0.1) is 12.7 Å². The Balaban J connectivity index is 3.02. The van der Waals surface area contributed by atoms with Crippen molar-refractivity contribution in [2.45, 2.75) is 26.2 Å². The molecule has 0 heterocycles. The van der Waals surface area contributed by atoms with Crippen molar-refractivity contribution in [1.29, 1.82) is 0 Å². The third-order valence-electron chi connectivity index (χ3n) is 2.44. The fourth-order valence-corrected chi connectivity index (χ4v) is 1.82. The molecule has 78 valence electrons. The Kier molecular flexibility index (Phi) is 3.90. The minimum atomic E-state index is -0.351. The van der Waals surface area contributed by atoms with E-state index in [-0.39, 0.29) is 16.8 Å². The van der Waals surface area contributed by atoms with Crippen LogP contribution < -0.4 is 5.73 Å². The average molecular weight is 216 g/mol. The highest BCUT2D eigenvalue weighted by molar-refractivity contribution is 6.30. The minimum Gasteiger partial charge on any atom is -0.330 e. The largest absolute Gasteiger partial charge is 0.330 e.